The van der Waals surface area contributed by atoms with E-state index in [2.05, 4.69) is 0 Å². The molecule has 0 radical (unpaired) electrons. The molecule has 0 N–H and O–H groups in total. The SMILES string of the molecule is Cc1c(SC#N)c(=O)n(-c2cccc3ccccc23)n1C. The zero-order valence-electron chi connectivity index (χ0n) is 11.7. The molecule has 0 unspecified atom stereocenters. The van der Waals surface area contributed by atoms with Gasteiger partial charge in [-0.05, 0) is 30.1 Å². The number of nitriles is 1. The summed E-state index contributed by atoms with van der Waals surface area (Å²) in [5, 5.41) is 12.9. The van der Waals surface area contributed by atoms with Crippen LogP contribution < -0.4 is 5.56 Å². The number of rotatable bonds is 2. The van der Waals surface area contributed by atoms with E-state index in [-0.39, 0.29) is 5.56 Å². The van der Waals surface area contributed by atoms with Crippen molar-refractivity contribution >= 4 is 22.5 Å². The van der Waals surface area contributed by atoms with Crippen molar-refractivity contribution in [2.45, 2.75) is 11.8 Å². The molecule has 3 aromatic rings. The third kappa shape index (κ3) is 2.05. The van der Waals surface area contributed by atoms with Crippen LogP contribution in [-0.2, 0) is 7.05 Å². The topological polar surface area (TPSA) is 50.7 Å². The molecule has 0 aliphatic carbocycles. The van der Waals surface area contributed by atoms with Crippen LogP contribution in [-0.4, -0.2) is 9.36 Å². The molecular weight excluding hydrogens is 282 g/mol. The molecule has 0 saturated heterocycles. The summed E-state index contributed by atoms with van der Waals surface area (Å²) in [7, 11) is 1.83. The fraction of sp³-hybridized carbons (Fsp3) is 0.125. The number of thiocyanates is 1. The molecular formula is C16H13N3OS. The number of fused-ring (bicyclic) bond motifs is 1. The van der Waals surface area contributed by atoms with Gasteiger partial charge in [-0.2, -0.15) is 5.26 Å². The summed E-state index contributed by atoms with van der Waals surface area (Å²) in [4.78, 5) is 13.1. The van der Waals surface area contributed by atoms with Gasteiger partial charge >= 0.3 is 0 Å². The first kappa shape index (κ1) is 13.5. The van der Waals surface area contributed by atoms with E-state index >= 15 is 0 Å². The lowest BCUT2D eigenvalue weighted by atomic mass is 10.1. The van der Waals surface area contributed by atoms with Crippen LogP contribution in [0.5, 0.6) is 0 Å². The number of aromatic nitrogens is 2. The maximum atomic E-state index is 12.6. The zero-order chi connectivity index (χ0) is 15.0. The quantitative estimate of drug-likeness (QED) is 0.539. The molecule has 0 amide bonds. The molecule has 0 saturated carbocycles. The van der Waals surface area contributed by atoms with E-state index in [1.165, 1.54) is 0 Å². The second-order valence-corrected chi connectivity index (χ2v) is 5.54. The molecule has 3 rings (SSSR count). The van der Waals surface area contributed by atoms with Crippen LogP contribution in [0.2, 0.25) is 0 Å². The van der Waals surface area contributed by atoms with Crippen molar-refractivity contribution in [1.29, 1.82) is 5.26 Å². The molecule has 1 heterocycles. The smallest absolute Gasteiger partial charge is 0.284 e. The Morgan fingerprint density at radius 1 is 1.14 bits per heavy atom. The summed E-state index contributed by atoms with van der Waals surface area (Å²) in [5.74, 6) is 0. The van der Waals surface area contributed by atoms with E-state index in [1.807, 2.05) is 61.8 Å². The van der Waals surface area contributed by atoms with Crippen LogP contribution in [0.1, 0.15) is 5.69 Å². The average Bonchev–Trinajstić information content (AvgIpc) is 2.71. The molecule has 0 spiro atoms. The Hall–Kier alpha value is -2.45. The van der Waals surface area contributed by atoms with Crippen molar-refractivity contribution in [2.75, 3.05) is 0 Å². The minimum Gasteiger partial charge on any atom is -0.284 e. The lowest BCUT2D eigenvalue weighted by molar-refractivity contribution is 0.632. The Kier molecular flexibility index (Phi) is 3.32. The predicted molar refractivity (Wildman–Crippen MR) is 84.7 cm³/mol. The van der Waals surface area contributed by atoms with E-state index in [9.17, 15) is 4.79 Å². The van der Waals surface area contributed by atoms with Gasteiger partial charge in [-0.25, -0.2) is 4.68 Å². The molecule has 1 aromatic heterocycles. The Labute approximate surface area is 126 Å². The number of hydrogen-bond acceptors (Lipinski definition) is 3. The second kappa shape index (κ2) is 5.15. The Morgan fingerprint density at radius 2 is 1.86 bits per heavy atom. The molecule has 2 aromatic carbocycles. The fourth-order valence-electron chi connectivity index (χ4n) is 2.51. The van der Waals surface area contributed by atoms with Gasteiger partial charge in [0.25, 0.3) is 5.56 Å². The normalized spacial score (nSPS) is 10.7. The van der Waals surface area contributed by atoms with Crippen LogP contribution in [0.4, 0.5) is 0 Å². The Balaban J connectivity index is 2.37. The van der Waals surface area contributed by atoms with Crippen molar-refractivity contribution < 1.29 is 0 Å². The standard InChI is InChI=1S/C16H13N3OS/c1-11-15(21-10-17)16(20)19(18(11)2)14-9-5-7-12-6-3-4-8-13(12)14/h3-9H,1-2H3. The zero-order valence-corrected chi connectivity index (χ0v) is 12.5. The van der Waals surface area contributed by atoms with Crippen LogP contribution in [0, 0.1) is 17.6 Å². The third-order valence-electron chi connectivity index (χ3n) is 3.64. The molecule has 0 bridgehead atoms. The largest absolute Gasteiger partial charge is 0.286 e. The lowest BCUT2D eigenvalue weighted by Gasteiger charge is -2.11. The van der Waals surface area contributed by atoms with Crippen LogP contribution >= 0.6 is 11.8 Å². The highest BCUT2D eigenvalue weighted by molar-refractivity contribution is 8.03. The van der Waals surface area contributed by atoms with Gasteiger partial charge in [0.1, 0.15) is 10.3 Å². The van der Waals surface area contributed by atoms with Gasteiger partial charge in [0.05, 0.1) is 11.4 Å². The van der Waals surface area contributed by atoms with Crippen molar-refractivity contribution in [3.8, 4) is 11.1 Å². The molecule has 21 heavy (non-hydrogen) atoms. The minimum absolute atomic E-state index is 0.155. The monoisotopic (exact) mass is 295 g/mol. The summed E-state index contributed by atoms with van der Waals surface area (Å²) >= 11 is 0.915. The Morgan fingerprint density at radius 3 is 2.62 bits per heavy atom. The average molecular weight is 295 g/mol. The van der Waals surface area contributed by atoms with Gasteiger partial charge in [0, 0.05) is 12.4 Å². The summed E-state index contributed by atoms with van der Waals surface area (Å²) in [6.45, 7) is 1.85. The maximum absolute atomic E-state index is 12.6. The van der Waals surface area contributed by atoms with Crippen LogP contribution in [0.3, 0.4) is 0 Å². The van der Waals surface area contributed by atoms with Crippen LogP contribution in [0.15, 0.2) is 52.2 Å². The number of nitrogens with zero attached hydrogens (tertiary/aromatic N) is 3. The van der Waals surface area contributed by atoms with Gasteiger partial charge < -0.3 is 0 Å². The number of benzene rings is 2. The van der Waals surface area contributed by atoms with E-state index in [1.54, 1.807) is 9.36 Å². The molecule has 5 heteroatoms. The van der Waals surface area contributed by atoms with Gasteiger partial charge in [0.2, 0.25) is 0 Å². The minimum atomic E-state index is -0.155. The van der Waals surface area contributed by atoms with Crippen molar-refractivity contribution in [1.82, 2.24) is 9.36 Å². The first-order valence-corrected chi connectivity index (χ1v) is 7.29. The highest BCUT2D eigenvalue weighted by atomic mass is 32.2. The second-order valence-electron chi connectivity index (χ2n) is 4.75. The molecule has 4 nitrogen and oxygen atoms in total. The van der Waals surface area contributed by atoms with E-state index in [0.29, 0.717) is 4.90 Å². The molecule has 104 valence electrons. The van der Waals surface area contributed by atoms with Crippen molar-refractivity contribution in [2.24, 2.45) is 7.05 Å². The van der Waals surface area contributed by atoms with E-state index in [0.717, 1.165) is 33.9 Å². The number of hydrogen-bond donors (Lipinski definition) is 0. The molecule has 0 atom stereocenters. The van der Waals surface area contributed by atoms with Gasteiger partial charge in [-0.1, -0.05) is 36.4 Å². The van der Waals surface area contributed by atoms with Crippen molar-refractivity contribution in [3.05, 3.63) is 58.5 Å². The fourth-order valence-corrected chi connectivity index (χ4v) is 3.06. The summed E-state index contributed by atoms with van der Waals surface area (Å²) < 4.78 is 3.42. The predicted octanol–water partition coefficient (Wildman–Crippen LogP) is 3.21. The molecule has 0 aliphatic rings. The molecule has 0 fully saturated rings. The summed E-state index contributed by atoms with van der Waals surface area (Å²) in [6, 6.07) is 13.8. The first-order chi connectivity index (χ1) is 10.1. The summed E-state index contributed by atoms with van der Waals surface area (Å²) in [6.07, 6.45) is 0. The van der Waals surface area contributed by atoms with Gasteiger partial charge in [-0.15, -0.1) is 0 Å². The molecule has 0 aliphatic heterocycles. The van der Waals surface area contributed by atoms with E-state index in [4.69, 9.17) is 5.26 Å². The van der Waals surface area contributed by atoms with Gasteiger partial charge in [-0.3, -0.25) is 9.48 Å². The summed E-state index contributed by atoms with van der Waals surface area (Å²) in [5.41, 5.74) is 1.46. The number of thioether (sulfide) groups is 1. The maximum Gasteiger partial charge on any atom is 0.286 e. The third-order valence-corrected chi connectivity index (χ3v) is 4.41. The van der Waals surface area contributed by atoms with Gasteiger partial charge in [0.15, 0.2) is 0 Å². The first-order valence-electron chi connectivity index (χ1n) is 6.48. The Bertz CT molecular complexity index is 926. The highest BCUT2D eigenvalue weighted by Gasteiger charge is 2.17. The lowest BCUT2D eigenvalue weighted by Crippen LogP contribution is -2.20. The van der Waals surface area contributed by atoms with Crippen LogP contribution in [0.25, 0.3) is 16.5 Å². The van der Waals surface area contributed by atoms with Crippen molar-refractivity contribution in [3.63, 3.8) is 0 Å². The van der Waals surface area contributed by atoms with E-state index < -0.39 is 0 Å². The highest BCUT2D eigenvalue weighted by Crippen LogP contribution is 2.24.